The summed E-state index contributed by atoms with van der Waals surface area (Å²) in [6.45, 7) is 0. The average molecular weight is 283 g/mol. The molecule has 0 amide bonds. The summed E-state index contributed by atoms with van der Waals surface area (Å²) in [7, 11) is 0. The maximum Gasteiger partial charge on any atom is 0.138 e. The quantitative estimate of drug-likeness (QED) is 0.586. The summed E-state index contributed by atoms with van der Waals surface area (Å²) in [5, 5.41) is 0.450. The van der Waals surface area contributed by atoms with E-state index in [4.69, 9.17) is 11.6 Å². The van der Waals surface area contributed by atoms with Gasteiger partial charge in [0.25, 0.3) is 0 Å². The van der Waals surface area contributed by atoms with Gasteiger partial charge in [-0.3, -0.25) is 4.98 Å². The first-order chi connectivity index (χ1) is 9.72. The minimum absolute atomic E-state index is 0.255. The SMILES string of the molecule is Fc1ccc(Cl)cc1C#Cc1ccc2ncccc2n1. The number of aromatic nitrogens is 2. The lowest BCUT2D eigenvalue weighted by molar-refractivity contribution is 0.624. The van der Waals surface area contributed by atoms with Gasteiger partial charge in [0.2, 0.25) is 0 Å². The Labute approximate surface area is 120 Å². The van der Waals surface area contributed by atoms with Crippen LogP contribution in [0.3, 0.4) is 0 Å². The van der Waals surface area contributed by atoms with Crippen LogP contribution in [-0.4, -0.2) is 9.97 Å². The molecule has 0 saturated carbocycles. The molecule has 0 aliphatic heterocycles. The van der Waals surface area contributed by atoms with E-state index in [9.17, 15) is 4.39 Å². The van der Waals surface area contributed by atoms with Crippen LogP contribution in [0.1, 0.15) is 11.3 Å². The van der Waals surface area contributed by atoms with Gasteiger partial charge in [0.15, 0.2) is 0 Å². The van der Waals surface area contributed by atoms with Gasteiger partial charge in [0.1, 0.15) is 11.5 Å². The Hall–Kier alpha value is -2.44. The lowest BCUT2D eigenvalue weighted by Crippen LogP contribution is -1.87. The standard InChI is InChI=1S/C16H8ClFN2/c17-12-4-7-14(18)11(10-12)3-5-13-6-8-15-16(20-13)2-1-9-19-15/h1-2,4,6-10H. The predicted molar refractivity (Wildman–Crippen MR) is 76.9 cm³/mol. The third-order valence-electron chi connectivity index (χ3n) is 2.71. The molecule has 0 aliphatic carbocycles. The number of halogens is 2. The van der Waals surface area contributed by atoms with Crippen molar-refractivity contribution in [3.63, 3.8) is 0 Å². The van der Waals surface area contributed by atoms with Crippen LogP contribution in [0.25, 0.3) is 11.0 Å². The van der Waals surface area contributed by atoms with Gasteiger partial charge in [0, 0.05) is 11.2 Å². The molecule has 2 aromatic heterocycles. The van der Waals surface area contributed by atoms with Crippen LogP contribution in [0.5, 0.6) is 0 Å². The van der Waals surface area contributed by atoms with Gasteiger partial charge in [-0.1, -0.05) is 17.5 Å². The third-order valence-corrected chi connectivity index (χ3v) is 2.94. The number of rotatable bonds is 0. The molecular formula is C16H8ClFN2. The van der Waals surface area contributed by atoms with E-state index in [2.05, 4.69) is 21.8 Å². The molecule has 0 radical (unpaired) electrons. The van der Waals surface area contributed by atoms with Gasteiger partial charge in [-0.2, -0.15) is 0 Å². The van der Waals surface area contributed by atoms with E-state index in [1.165, 1.54) is 18.2 Å². The van der Waals surface area contributed by atoms with Gasteiger partial charge in [0.05, 0.1) is 16.6 Å². The molecule has 3 aromatic rings. The van der Waals surface area contributed by atoms with Crippen molar-refractivity contribution in [3.05, 3.63) is 70.8 Å². The van der Waals surface area contributed by atoms with Crippen molar-refractivity contribution in [2.45, 2.75) is 0 Å². The number of pyridine rings is 2. The topological polar surface area (TPSA) is 25.8 Å². The van der Waals surface area contributed by atoms with Gasteiger partial charge in [-0.05, 0) is 48.4 Å². The monoisotopic (exact) mass is 282 g/mol. The first-order valence-corrected chi connectivity index (χ1v) is 6.29. The molecule has 0 saturated heterocycles. The molecule has 0 bridgehead atoms. The molecule has 3 rings (SSSR count). The van der Waals surface area contributed by atoms with Crippen LogP contribution >= 0.6 is 11.6 Å². The molecule has 0 spiro atoms. The second-order valence-corrected chi connectivity index (χ2v) is 4.55. The number of hydrogen-bond donors (Lipinski definition) is 0. The van der Waals surface area contributed by atoms with Crippen molar-refractivity contribution in [2.24, 2.45) is 0 Å². The Bertz CT molecular complexity index is 850. The van der Waals surface area contributed by atoms with Crippen molar-refractivity contribution in [1.82, 2.24) is 9.97 Å². The molecule has 2 heterocycles. The molecular weight excluding hydrogens is 275 g/mol. The van der Waals surface area contributed by atoms with Crippen molar-refractivity contribution < 1.29 is 4.39 Å². The van der Waals surface area contributed by atoms with E-state index in [-0.39, 0.29) is 5.56 Å². The number of hydrogen-bond acceptors (Lipinski definition) is 2. The molecule has 4 heteroatoms. The zero-order chi connectivity index (χ0) is 13.9. The molecule has 20 heavy (non-hydrogen) atoms. The summed E-state index contributed by atoms with van der Waals surface area (Å²) in [5.41, 5.74) is 2.37. The normalized spacial score (nSPS) is 10.1. The third kappa shape index (κ3) is 2.61. The van der Waals surface area contributed by atoms with E-state index in [0.29, 0.717) is 10.7 Å². The molecule has 0 atom stereocenters. The fraction of sp³-hybridized carbons (Fsp3) is 0. The van der Waals surface area contributed by atoms with Crippen LogP contribution in [0.4, 0.5) is 4.39 Å². The minimum atomic E-state index is -0.399. The average Bonchev–Trinajstić information content (AvgIpc) is 2.48. The highest BCUT2D eigenvalue weighted by Crippen LogP contribution is 2.14. The molecule has 96 valence electrons. The number of benzene rings is 1. The molecule has 0 fully saturated rings. The lowest BCUT2D eigenvalue weighted by Gasteiger charge is -1.96. The molecule has 0 aliphatic rings. The maximum atomic E-state index is 13.5. The summed E-state index contributed by atoms with van der Waals surface area (Å²) in [5.74, 6) is 5.18. The van der Waals surface area contributed by atoms with Gasteiger partial charge >= 0.3 is 0 Å². The van der Waals surface area contributed by atoms with Gasteiger partial charge < -0.3 is 0 Å². The summed E-state index contributed by atoms with van der Waals surface area (Å²) in [6.07, 6.45) is 1.71. The summed E-state index contributed by atoms with van der Waals surface area (Å²) in [6, 6.07) is 11.5. The molecule has 0 N–H and O–H groups in total. The Balaban J connectivity index is 2.01. The highest BCUT2D eigenvalue weighted by molar-refractivity contribution is 6.30. The second-order valence-electron chi connectivity index (χ2n) is 4.11. The Morgan fingerprint density at radius 1 is 1.00 bits per heavy atom. The van der Waals surface area contributed by atoms with Gasteiger partial charge in [-0.25, -0.2) is 9.37 Å². The lowest BCUT2D eigenvalue weighted by atomic mass is 10.2. The highest BCUT2D eigenvalue weighted by Gasteiger charge is 2.00. The molecule has 2 nitrogen and oxygen atoms in total. The summed E-state index contributed by atoms with van der Waals surface area (Å²) < 4.78 is 13.5. The Morgan fingerprint density at radius 3 is 2.80 bits per heavy atom. The largest absolute Gasteiger partial charge is 0.255 e. The molecule has 1 aromatic carbocycles. The van der Waals surface area contributed by atoms with E-state index >= 15 is 0 Å². The van der Waals surface area contributed by atoms with Crippen LogP contribution in [0, 0.1) is 17.7 Å². The minimum Gasteiger partial charge on any atom is -0.255 e. The zero-order valence-corrected chi connectivity index (χ0v) is 11.0. The van der Waals surface area contributed by atoms with Crippen molar-refractivity contribution in [3.8, 4) is 11.8 Å². The fourth-order valence-corrected chi connectivity index (χ4v) is 1.92. The smallest absolute Gasteiger partial charge is 0.138 e. The van der Waals surface area contributed by atoms with Gasteiger partial charge in [-0.15, -0.1) is 0 Å². The summed E-state index contributed by atoms with van der Waals surface area (Å²) in [4.78, 5) is 8.53. The van der Waals surface area contributed by atoms with Crippen molar-refractivity contribution in [2.75, 3.05) is 0 Å². The van der Waals surface area contributed by atoms with Crippen molar-refractivity contribution >= 4 is 22.6 Å². The van der Waals surface area contributed by atoms with Crippen LogP contribution in [0.2, 0.25) is 5.02 Å². The first kappa shape index (κ1) is 12.6. The highest BCUT2D eigenvalue weighted by atomic mass is 35.5. The number of fused-ring (bicyclic) bond motifs is 1. The molecule has 0 unspecified atom stereocenters. The Morgan fingerprint density at radius 2 is 1.90 bits per heavy atom. The fourth-order valence-electron chi connectivity index (χ4n) is 1.75. The predicted octanol–water partition coefficient (Wildman–Crippen LogP) is 3.82. The summed E-state index contributed by atoms with van der Waals surface area (Å²) >= 11 is 5.82. The maximum absolute atomic E-state index is 13.5. The van der Waals surface area contributed by atoms with Crippen LogP contribution in [-0.2, 0) is 0 Å². The first-order valence-electron chi connectivity index (χ1n) is 5.91. The Kier molecular flexibility index (Phi) is 3.32. The van der Waals surface area contributed by atoms with E-state index in [1.807, 2.05) is 18.2 Å². The van der Waals surface area contributed by atoms with Crippen LogP contribution in [0.15, 0.2) is 48.7 Å². The zero-order valence-electron chi connectivity index (χ0n) is 10.3. The second kappa shape index (κ2) is 5.28. The van der Waals surface area contributed by atoms with Crippen LogP contribution < -0.4 is 0 Å². The van der Waals surface area contributed by atoms with E-state index < -0.39 is 5.82 Å². The van der Waals surface area contributed by atoms with E-state index in [0.717, 1.165) is 11.0 Å². The van der Waals surface area contributed by atoms with E-state index in [1.54, 1.807) is 12.3 Å². The van der Waals surface area contributed by atoms with Crippen molar-refractivity contribution in [1.29, 1.82) is 0 Å². The number of nitrogens with zero attached hydrogens (tertiary/aromatic N) is 2.